The zero-order chi connectivity index (χ0) is 11.7. The number of hydrogen-bond donors (Lipinski definition) is 1. The topological polar surface area (TPSA) is 21.3 Å². The molecule has 0 saturated carbocycles. The standard InChI is InChI=1S/C12H25NOSi/c1-10(11-7-8-13-9-11)14-15(5,6)12(2,3)4/h7,10,13H,8-9H2,1-6H3. The maximum atomic E-state index is 6.32. The summed E-state index contributed by atoms with van der Waals surface area (Å²) in [5, 5.41) is 3.62. The molecule has 0 fully saturated rings. The summed E-state index contributed by atoms with van der Waals surface area (Å²) in [6.45, 7) is 15.7. The molecule has 2 nitrogen and oxygen atoms in total. The van der Waals surface area contributed by atoms with Crippen molar-refractivity contribution in [3.05, 3.63) is 11.6 Å². The SMILES string of the molecule is CC(O[Si](C)(C)C(C)(C)C)C1=CCNC1. The highest BCUT2D eigenvalue weighted by Gasteiger charge is 2.38. The smallest absolute Gasteiger partial charge is 0.192 e. The van der Waals surface area contributed by atoms with Crippen molar-refractivity contribution in [2.75, 3.05) is 13.1 Å². The summed E-state index contributed by atoms with van der Waals surface area (Å²) in [7, 11) is -1.60. The molecule has 88 valence electrons. The van der Waals surface area contributed by atoms with Crippen molar-refractivity contribution in [1.29, 1.82) is 0 Å². The van der Waals surface area contributed by atoms with Gasteiger partial charge in [0.15, 0.2) is 8.32 Å². The molecule has 0 amide bonds. The van der Waals surface area contributed by atoms with Gasteiger partial charge in [0.05, 0.1) is 6.10 Å². The van der Waals surface area contributed by atoms with E-state index in [1.165, 1.54) is 5.57 Å². The zero-order valence-electron chi connectivity index (χ0n) is 11.0. The first-order chi connectivity index (χ1) is 6.74. The Morgan fingerprint density at radius 3 is 2.40 bits per heavy atom. The van der Waals surface area contributed by atoms with Crippen LogP contribution in [0.25, 0.3) is 0 Å². The molecule has 0 aromatic heterocycles. The van der Waals surface area contributed by atoms with E-state index in [0.29, 0.717) is 5.04 Å². The van der Waals surface area contributed by atoms with Crippen molar-refractivity contribution in [3.63, 3.8) is 0 Å². The summed E-state index contributed by atoms with van der Waals surface area (Å²) in [5.74, 6) is 0. The second-order valence-corrected chi connectivity index (χ2v) is 10.7. The van der Waals surface area contributed by atoms with Crippen LogP contribution < -0.4 is 5.32 Å². The van der Waals surface area contributed by atoms with E-state index in [4.69, 9.17) is 4.43 Å². The molecule has 3 heteroatoms. The molecule has 15 heavy (non-hydrogen) atoms. The van der Waals surface area contributed by atoms with Crippen molar-refractivity contribution in [2.24, 2.45) is 0 Å². The van der Waals surface area contributed by atoms with E-state index in [1.54, 1.807) is 0 Å². The first-order valence-corrected chi connectivity index (χ1v) is 8.72. The lowest BCUT2D eigenvalue weighted by atomic mass is 10.2. The number of hydrogen-bond acceptors (Lipinski definition) is 2. The minimum absolute atomic E-state index is 0.279. The van der Waals surface area contributed by atoms with E-state index in [2.05, 4.69) is 52.2 Å². The monoisotopic (exact) mass is 227 g/mol. The molecule has 0 bridgehead atoms. The molecule has 0 aromatic carbocycles. The van der Waals surface area contributed by atoms with Gasteiger partial charge in [-0.15, -0.1) is 0 Å². The maximum absolute atomic E-state index is 6.32. The highest BCUT2D eigenvalue weighted by Crippen LogP contribution is 2.37. The van der Waals surface area contributed by atoms with Crippen molar-refractivity contribution in [1.82, 2.24) is 5.32 Å². The van der Waals surface area contributed by atoms with Gasteiger partial charge in [-0.25, -0.2) is 0 Å². The first-order valence-electron chi connectivity index (χ1n) is 5.81. The largest absolute Gasteiger partial charge is 0.411 e. The van der Waals surface area contributed by atoms with Gasteiger partial charge in [0.1, 0.15) is 0 Å². The van der Waals surface area contributed by atoms with Crippen LogP contribution in [0.15, 0.2) is 11.6 Å². The zero-order valence-corrected chi connectivity index (χ0v) is 12.0. The van der Waals surface area contributed by atoms with Gasteiger partial charge < -0.3 is 9.74 Å². The summed E-state index contributed by atoms with van der Waals surface area (Å²) in [6.07, 6.45) is 2.54. The second-order valence-electron chi connectivity index (χ2n) is 5.93. The van der Waals surface area contributed by atoms with Gasteiger partial charge >= 0.3 is 0 Å². The minimum Gasteiger partial charge on any atom is -0.411 e. The Morgan fingerprint density at radius 1 is 1.40 bits per heavy atom. The molecule has 1 aliphatic rings. The van der Waals surface area contributed by atoms with Gasteiger partial charge in [0.25, 0.3) is 0 Å². The third kappa shape index (κ3) is 3.16. The molecule has 1 rings (SSSR count). The molecule has 1 N–H and O–H groups in total. The van der Waals surface area contributed by atoms with Crippen LogP contribution in [0.2, 0.25) is 18.1 Å². The average molecular weight is 227 g/mol. The lowest BCUT2D eigenvalue weighted by molar-refractivity contribution is 0.231. The highest BCUT2D eigenvalue weighted by atomic mass is 28.4. The Labute approximate surface area is 95.2 Å². The fourth-order valence-electron chi connectivity index (χ4n) is 1.50. The van der Waals surface area contributed by atoms with E-state index in [-0.39, 0.29) is 6.10 Å². The summed E-state index contributed by atoms with van der Waals surface area (Å²) in [6, 6.07) is 0. The second kappa shape index (κ2) is 4.40. The number of rotatable bonds is 3. The van der Waals surface area contributed by atoms with Crippen LogP contribution in [0.1, 0.15) is 27.7 Å². The number of nitrogens with one attached hydrogen (secondary N) is 1. The quantitative estimate of drug-likeness (QED) is 0.591. The van der Waals surface area contributed by atoms with Crippen LogP contribution >= 0.6 is 0 Å². The lowest BCUT2D eigenvalue weighted by Gasteiger charge is -2.38. The van der Waals surface area contributed by atoms with Crippen molar-refractivity contribution >= 4 is 8.32 Å². The van der Waals surface area contributed by atoms with Gasteiger partial charge in [-0.1, -0.05) is 26.8 Å². The van der Waals surface area contributed by atoms with Crippen LogP contribution in [-0.4, -0.2) is 27.5 Å². The molecular weight excluding hydrogens is 202 g/mol. The van der Waals surface area contributed by atoms with Gasteiger partial charge in [-0.2, -0.15) is 0 Å². The fourth-order valence-corrected chi connectivity index (χ4v) is 2.88. The van der Waals surface area contributed by atoms with E-state index in [9.17, 15) is 0 Å². The van der Waals surface area contributed by atoms with E-state index in [1.807, 2.05) is 0 Å². The van der Waals surface area contributed by atoms with Crippen LogP contribution in [0, 0.1) is 0 Å². The molecule has 0 saturated heterocycles. The lowest BCUT2D eigenvalue weighted by Crippen LogP contribution is -2.43. The Kier molecular flexibility index (Phi) is 3.79. The van der Waals surface area contributed by atoms with E-state index >= 15 is 0 Å². The molecule has 1 aliphatic heterocycles. The summed E-state index contributed by atoms with van der Waals surface area (Å²) < 4.78 is 6.32. The Hall–Kier alpha value is -0.123. The van der Waals surface area contributed by atoms with E-state index in [0.717, 1.165) is 13.1 Å². The van der Waals surface area contributed by atoms with Gasteiger partial charge in [0.2, 0.25) is 0 Å². The predicted molar refractivity (Wildman–Crippen MR) is 68.7 cm³/mol. The van der Waals surface area contributed by atoms with Crippen LogP contribution in [0.3, 0.4) is 0 Å². The Bertz CT molecular complexity index is 253. The van der Waals surface area contributed by atoms with Gasteiger partial charge in [-0.3, -0.25) is 0 Å². The van der Waals surface area contributed by atoms with Crippen LogP contribution in [-0.2, 0) is 4.43 Å². The average Bonchev–Trinajstić information content (AvgIpc) is 2.51. The molecule has 0 aromatic rings. The van der Waals surface area contributed by atoms with Crippen molar-refractivity contribution in [3.8, 4) is 0 Å². The van der Waals surface area contributed by atoms with Crippen LogP contribution in [0.4, 0.5) is 0 Å². The molecule has 1 heterocycles. The summed E-state index contributed by atoms with van der Waals surface area (Å²) in [5.41, 5.74) is 1.42. The fraction of sp³-hybridized carbons (Fsp3) is 0.833. The maximum Gasteiger partial charge on any atom is 0.192 e. The van der Waals surface area contributed by atoms with Crippen LogP contribution in [0.5, 0.6) is 0 Å². The Morgan fingerprint density at radius 2 is 2.00 bits per heavy atom. The molecule has 1 atom stereocenters. The summed E-state index contributed by atoms with van der Waals surface area (Å²) in [4.78, 5) is 0. The van der Waals surface area contributed by atoms with Crippen molar-refractivity contribution < 1.29 is 4.43 Å². The molecule has 1 unspecified atom stereocenters. The highest BCUT2D eigenvalue weighted by molar-refractivity contribution is 6.74. The summed E-state index contributed by atoms with van der Waals surface area (Å²) >= 11 is 0. The first kappa shape index (κ1) is 12.9. The Balaban J connectivity index is 2.61. The third-order valence-electron chi connectivity index (χ3n) is 3.64. The normalized spacial score (nSPS) is 20.3. The molecule has 0 spiro atoms. The van der Waals surface area contributed by atoms with Gasteiger partial charge in [0, 0.05) is 13.1 Å². The molecule has 0 aliphatic carbocycles. The van der Waals surface area contributed by atoms with Gasteiger partial charge in [-0.05, 0) is 30.6 Å². The molecule has 0 radical (unpaired) electrons. The third-order valence-corrected chi connectivity index (χ3v) is 8.19. The predicted octanol–water partition coefficient (Wildman–Crippen LogP) is 2.93. The minimum atomic E-state index is -1.60. The molecular formula is C12H25NOSi. The van der Waals surface area contributed by atoms with E-state index < -0.39 is 8.32 Å². The van der Waals surface area contributed by atoms with Crippen molar-refractivity contribution in [2.45, 2.75) is 51.9 Å².